The first-order chi connectivity index (χ1) is 7.08. The van der Waals surface area contributed by atoms with E-state index in [-0.39, 0.29) is 12.3 Å². The van der Waals surface area contributed by atoms with E-state index in [4.69, 9.17) is 22.0 Å². The van der Waals surface area contributed by atoms with Crippen LogP contribution in [0.5, 0.6) is 0 Å². The second-order valence-corrected chi connectivity index (χ2v) is 3.54. The van der Waals surface area contributed by atoms with Gasteiger partial charge in [-0.15, -0.1) is 11.6 Å². The molecular weight excluding hydrogens is 214 g/mol. The van der Waals surface area contributed by atoms with Gasteiger partial charge < -0.3 is 5.11 Å². The number of alkyl halides is 1. The minimum absolute atomic E-state index is 0.144. The summed E-state index contributed by atoms with van der Waals surface area (Å²) in [6.45, 7) is 1.85. The van der Waals surface area contributed by atoms with E-state index >= 15 is 0 Å². The molecule has 78 valence electrons. The average molecular weight is 224 g/mol. The van der Waals surface area contributed by atoms with Crippen molar-refractivity contribution in [3.05, 3.63) is 34.4 Å². The van der Waals surface area contributed by atoms with Gasteiger partial charge >= 0.3 is 5.97 Å². The van der Waals surface area contributed by atoms with Gasteiger partial charge in [0, 0.05) is 5.88 Å². The van der Waals surface area contributed by atoms with Crippen molar-refractivity contribution in [2.45, 2.75) is 19.2 Å². The number of carbonyl (C=O) groups is 1. The zero-order chi connectivity index (χ0) is 11.4. The van der Waals surface area contributed by atoms with Crippen LogP contribution in [-0.2, 0) is 17.1 Å². The second-order valence-electron chi connectivity index (χ2n) is 3.27. The van der Waals surface area contributed by atoms with Crippen molar-refractivity contribution in [1.82, 2.24) is 0 Å². The zero-order valence-electron chi connectivity index (χ0n) is 8.25. The molecule has 0 atom stereocenters. The topological polar surface area (TPSA) is 61.1 Å². The summed E-state index contributed by atoms with van der Waals surface area (Å²) in [6.07, 6.45) is -0.144. The van der Waals surface area contributed by atoms with Crippen LogP contribution in [0.4, 0.5) is 0 Å². The summed E-state index contributed by atoms with van der Waals surface area (Å²) in [7, 11) is 0. The SMILES string of the molecule is Cc1cc(CCl)c(C#N)c(CC(=O)O)c1. The van der Waals surface area contributed by atoms with E-state index in [1.807, 2.05) is 13.0 Å². The number of carboxylic acids is 1. The van der Waals surface area contributed by atoms with Crippen molar-refractivity contribution in [2.75, 3.05) is 0 Å². The van der Waals surface area contributed by atoms with Gasteiger partial charge in [0.2, 0.25) is 0 Å². The number of nitrogens with zero attached hydrogens (tertiary/aromatic N) is 1. The molecule has 4 heteroatoms. The molecule has 1 N–H and O–H groups in total. The number of rotatable bonds is 3. The number of hydrogen-bond donors (Lipinski definition) is 1. The molecule has 0 aliphatic carbocycles. The predicted octanol–water partition coefficient (Wildman–Crippen LogP) is 2.23. The van der Waals surface area contributed by atoms with Gasteiger partial charge in [0.15, 0.2) is 0 Å². The molecule has 0 aliphatic heterocycles. The fourth-order valence-electron chi connectivity index (χ4n) is 1.49. The Labute approximate surface area is 92.9 Å². The maximum Gasteiger partial charge on any atom is 0.307 e. The van der Waals surface area contributed by atoms with Gasteiger partial charge in [-0.1, -0.05) is 17.7 Å². The summed E-state index contributed by atoms with van der Waals surface area (Å²) in [5.41, 5.74) is 2.52. The van der Waals surface area contributed by atoms with Crippen LogP contribution in [0, 0.1) is 18.3 Å². The molecule has 0 saturated carbocycles. The highest BCUT2D eigenvalue weighted by Crippen LogP contribution is 2.19. The summed E-state index contributed by atoms with van der Waals surface area (Å²) in [5.74, 6) is -0.727. The summed E-state index contributed by atoms with van der Waals surface area (Å²) in [5, 5.41) is 17.6. The van der Waals surface area contributed by atoms with Crippen molar-refractivity contribution in [1.29, 1.82) is 5.26 Å². The Morgan fingerprint density at radius 3 is 2.60 bits per heavy atom. The molecule has 0 radical (unpaired) electrons. The molecule has 0 unspecified atom stereocenters. The van der Waals surface area contributed by atoms with Gasteiger partial charge in [-0.05, 0) is 18.1 Å². The maximum absolute atomic E-state index is 10.6. The monoisotopic (exact) mass is 223 g/mol. The molecular formula is C11H10ClNO2. The van der Waals surface area contributed by atoms with Gasteiger partial charge in [-0.3, -0.25) is 4.79 Å². The Hall–Kier alpha value is -1.53. The molecule has 1 aromatic carbocycles. The lowest BCUT2D eigenvalue weighted by Gasteiger charge is -2.07. The molecule has 0 amide bonds. The molecule has 15 heavy (non-hydrogen) atoms. The van der Waals surface area contributed by atoms with Gasteiger partial charge in [-0.25, -0.2) is 0 Å². The Kier molecular flexibility index (Phi) is 3.70. The molecule has 0 aromatic heterocycles. The lowest BCUT2D eigenvalue weighted by Crippen LogP contribution is -2.04. The molecule has 0 saturated heterocycles. The van der Waals surface area contributed by atoms with Crippen LogP contribution in [0.15, 0.2) is 12.1 Å². The van der Waals surface area contributed by atoms with Crippen LogP contribution in [0.3, 0.4) is 0 Å². The summed E-state index contributed by atoms with van der Waals surface area (Å²) >= 11 is 5.69. The van der Waals surface area contributed by atoms with Crippen LogP contribution >= 0.6 is 11.6 Å². The number of halogens is 1. The normalized spacial score (nSPS) is 9.67. The number of hydrogen-bond acceptors (Lipinski definition) is 2. The van der Waals surface area contributed by atoms with Crippen molar-refractivity contribution >= 4 is 17.6 Å². The molecule has 0 bridgehead atoms. The highest BCUT2D eigenvalue weighted by Gasteiger charge is 2.11. The fraction of sp³-hybridized carbons (Fsp3) is 0.273. The smallest absolute Gasteiger partial charge is 0.307 e. The van der Waals surface area contributed by atoms with E-state index in [1.165, 1.54) is 0 Å². The number of carboxylic acid groups (broad SMARTS) is 1. The molecule has 0 fully saturated rings. The lowest BCUT2D eigenvalue weighted by molar-refractivity contribution is -0.136. The van der Waals surface area contributed by atoms with Crippen molar-refractivity contribution in [3.63, 3.8) is 0 Å². The van der Waals surface area contributed by atoms with Crippen LogP contribution in [0.25, 0.3) is 0 Å². The standard InChI is InChI=1S/C11H10ClNO2/c1-7-2-8(4-11(14)15)10(6-13)9(3-7)5-12/h2-3H,4-5H2,1H3,(H,14,15). The first-order valence-corrected chi connectivity index (χ1v) is 4.92. The van der Waals surface area contributed by atoms with Crippen molar-refractivity contribution in [2.24, 2.45) is 0 Å². The Bertz CT molecular complexity index is 435. The van der Waals surface area contributed by atoms with Crippen LogP contribution in [-0.4, -0.2) is 11.1 Å². The molecule has 0 spiro atoms. The van der Waals surface area contributed by atoms with E-state index in [0.717, 1.165) is 5.56 Å². The van der Waals surface area contributed by atoms with Crippen LogP contribution in [0.2, 0.25) is 0 Å². The van der Waals surface area contributed by atoms with E-state index in [2.05, 4.69) is 0 Å². The van der Waals surface area contributed by atoms with Crippen molar-refractivity contribution in [3.8, 4) is 6.07 Å². The van der Waals surface area contributed by atoms with Gasteiger partial charge in [0.25, 0.3) is 0 Å². The number of benzene rings is 1. The van der Waals surface area contributed by atoms with Gasteiger partial charge in [-0.2, -0.15) is 5.26 Å². The predicted molar refractivity (Wildman–Crippen MR) is 56.8 cm³/mol. The van der Waals surface area contributed by atoms with Gasteiger partial charge in [0.05, 0.1) is 18.1 Å². The molecule has 1 rings (SSSR count). The fourth-order valence-corrected chi connectivity index (χ4v) is 1.70. The zero-order valence-corrected chi connectivity index (χ0v) is 9.01. The van der Waals surface area contributed by atoms with E-state index in [1.54, 1.807) is 12.1 Å². The third kappa shape index (κ3) is 2.71. The first kappa shape index (κ1) is 11.5. The maximum atomic E-state index is 10.6. The third-order valence-electron chi connectivity index (χ3n) is 2.04. The quantitative estimate of drug-likeness (QED) is 0.800. The third-order valence-corrected chi connectivity index (χ3v) is 2.33. The Morgan fingerprint density at radius 1 is 1.53 bits per heavy atom. The summed E-state index contributed by atoms with van der Waals surface area (Å²) in [4.78, 5) is 10.6. The van der Waals surface area contributed by atoms with Crippen molar-refractivity contribution < 1.29 is 9.90 Å². The Balaban J connectivity index is 3.30. The molecule has 0 heterocycles. The number of aryl methyl sites for hydroxylation is 1. The highest BCUT2D eigenvalue weighted by atomic mass is 35.5. The van der Waals surface area contributed by atoms with E-state index < -0.39 is 5.97 Å². The molecule has 3 nitrogen and oxygen atoms in total. The van der Waals surface area contributed by atoms with Crippen LogP contribution < -0.4 is 0 Å². The largest absolute Gasteiger partial charge is 0.481 e. The van der Waals surface area contributed by atoms with E-state index in [9.17, 15) is 4.79 Å². The minimum Gasteiger partial charge on any atom is -0.481 e. The molecule has 0 aliphatic rings. The van der Waals surface area contributed by atoms with E-state index in [0.29, 0.717) is 16.7 Å². The number of aliphatic carboxylic acids is 1. The average Bonchev–Trinajstić information content (AvgIpc) is 2.15. The van der Waals surface area contributed by atoms with Gasteiger partial charge in [0.1, 0.15) is 0 Å². The van der Waals surface area contributed by atoms with Crippen LogP contribution in [0.1, 0.15) is 22.3 Å². The lowest BCUT2D eigenvalue weighted by atomic mass is 9.98. The summed E-state index contributed by atoms with van der Waals surface area (Å²) in [6, 6.07) is 5.51. The minimum atomic E-state index is -0.947. The molecule has 1 aromatic rings. The second kappa shape index (κ2) is 4.81. The first-order valence-electron chi connectivity index (χ1n) is 4.38. The Morgan fingerprint density at radius 2 is 2.13 bits per heavy atom. The summed E-state index contributed by atoms with van der Waals surface area (Å²) < 4.78 is 0. The number of nitriles is 1. The highest BCUT2D eigenvalue weighted by molar-refractivity contribution is 6.17.